The molecule has 1 N–H and O–H groups in total. The van der Waals surface area contributed by atoms with Crippen molar-refractivity contribution in [3.63, 3.8) is 0 Å². The second-order valence-corrected chi connectivity index (χ2v) is 5.95. The number of likely N-dealkylation sites (N-methyl/N-ethyl adjacent to an activating group) is 1. The monoisotopic (exact) mass is 363 g/mol. The highest BCUT2D eigenvalue weighted by atomic mass is 16.5. The van der Waals surface area contributed by atoms with Crippen molar-refractivity contribution in [1.82, 2.24) is 9.80 Å². The highest BCUT2D eigenvalue weighted by Gasteiger charge is 2.21. The van der Waals surface area contributed by atoms with Gasteiger partial charge in [-0.25, -0.2) is 0 Å². The molecule has 0 aliphatic rings. The van der Waals surface area contributed by atoms with Crippen molar-refractivity contribution in [2.45, 2.75) is 33.7 Å². The molecule has 0 saturated carbocycles. The van der Waals surface area contributed by atoms with E-state index in [1.807, 2.05) is 13.8 Å². The molecular weight excluding hydrogens is 334 g/mol. The summed E-state index contributed by atoms with van der Waals surface area (Å²) >= 11 is 0. The maximum atomic E-state index is 12.4. The van der Waals surface area contributed by atoms with Crippen LogP contribution in [0.15, 0.2) is 24.3 Å². The first-order valence-corrected chi connectivity index (χ1v) is 8.90. The summed E-state index contributed by atoms with van der Waals surface area (Å²) in [6.07, 6.45) is 0. The summed E-state index contributed by atoms with van der Waals surface area (Å²) in [4.78, 5) is 39.7. The molecule has 1 atom stereocenters. The second kappa shape index (κ2) is 10.6. The summed E-state index contributed by atoms with van der Waals surface area (Å²) in [5.41, 5.74) is 1.07. The summed E-state index contributed by atoms with van der Waals surface area (Å²) in [6, 6.07) is 6.33. The lowest BCUT2D eigenvalue weighted by molar-refractivity contribution is -0.148. The van der Waals surface area contributed by atoms with Gasteiger partial charge in [0, 0.05) is 24.3 Å². The molecule has 1 aromatic carbocycles. The van der Waals surface area contributed by atoms with E-state index in [2.05, 4.69) is 5.32 Å². The van der Waals surface area contributed by atoms with Gasteiger partial charge in [-0.05, 0) is 52.9 Å². The van der Waals surface area contributed by atoms with Crippen LogP contribution in [-0.2, 0) is 14.3 Å². The molecule has 0 aliphatic carbocycles. The number of hydrogen-bond donors (Lipinski definition) is 1. The Kier molecular flexibility index (Phi) is 8.78. The van der Waals surface area contributed by atoms with Gasteiger partial charge in [0.15, 0.2) is 0 Å². The average Bonchev–Trinajstić information content (AvgIpc) is 2.62. The SMILES string of the molecule is CCOC(=O)C(C)N(C)CC(=O)Nc1cccc(C(=O)N(CC)CC)c1. The molecule has 0 saturated heterocycles. The molecule has 1 rings (SSSR count). The van der Waals surface area contributed by atoms with Crippen molar-refractivity contribution >= 4 is 23.5 Å². The first-order chi connectivity index (χ1) is 12.3. The van der Waals surface area contributed by atoms with Crippen LogP contribution in [0.4, 0.5) is 5.69 Å². The molecule has 0 radical (unpaired) electrons. The third-order valence-corrected chi connectivity index (χ3v) is 4.13. The van der Waals surface area contributed by atoms with Crippen LogP contribution in [0.1, 0.15) is 38.1 Å². The third kappa shape index (κ3) is 6.15. The number of amides is 2. The zero-order valence-corrected chi connectivity index (χ0v) is 16.2. The predicted octanol–water partition coefficient (Wildman–Crippen LogP) is 1.99. The fraction of sp³-hybridized carbons (Fsp3) is 0.526. The van der Waals surface area contributed by atoms with Gasteiger partial charge < -0.3 is 15.0 Å². The summed E-state index contributed by atoms with van der Waals surface area (Å²) < 4.78 is 4.96. The maximum Gasteiger partial charge on any atom is 0.323 e. The zero-order chi connectivity index (χ0) is 19.7. The molecule has 0 aromatic heterocycles. The van der Waals surface area contributed by atoms with Crippen LogP contribution in [0.5, 0.6) is 0 Å². The minimum absolute atomic E-state index is 0.0359. The van der Waals surface area contributed by atoms with Crippen molar-refractivity contribution in [2.24, 2.45) is 0 Å². The van der Waals surface area contributed by atoms with Crippen LogP contribution in [0, 0.1) is 0 Å². The van der Waals surface area contributed by atoms with Crippen LogP contribution < -0.4 is 5.32 Å². The van der Waals surface area contributed by atoms with E-state index >= 15 is 0 Å². The van der Waals surface area contributed by atoms with Gasteiger partial charge in [-0.3, -0.25) is 19.3 Å². The van der Waals surface area contributed by atoms with E-state index in [9.17, 15) is 14.4 Å². The van der Waals surface area contributed by atoms with Crippen LogP contribution >= 0.6 is 0 Å². The standard InChI is InChI=1S/C19H29N3O4/c1-6-22(7-2)18(24)15-10-9-11-16(12-15)20-17(23)13-21(5)14(4)19(25)26-8-3/h9-12,14H,6-8,13H2,1-5H3,(H,20,23). The molecule has 26 heavy (non-hydrogen) atoms. The van der Waals surface area contributed by atoms with E-state index in [-0.39, 0.29) is 24.3 Å². The number of nitrogens with one attached hydrogen (secondary N) is 1. The molecular formula is C19H29N3O4. The van der Waals surface area contributed by atoms with E-state index in [0.717, 1.165) is 0 Å². The van der Waals surface area contributed by atoms with Crippen molar-refractivity contribution in [2.75, 3.05) is 38.6 Å². The molecule has 7 heteroatoms. The van der Waals surface area contributed by atoms with Crippen LogP contribution in [-0.4, -0.2) is 66.9 Å². The highest BCUT2D eigenvalue weighted by molar-refractivity contribution is 5.97. The molecule has 144 valence electrons. The van der Waals surface area contributed by atoms with Crippen molar-refractivity contribution < 1.29 is 19.1 Å². The van der Waals surface area contributed by atoms with E-state index < -0.39 is 6.04 Å². The van der Waals surface area contributed by atoms with Crippen LogP contribution in [0.2, 0.25) is 0 Å². The van der Waals surface area contributed by atoms with Crippen molar-refractivity contribution in [3.8, 4) is 0 Å². The van der Waals surface area contributed by atoms with Gasteiger partial charge in [0.1, 0.15) is 6.04 Å². The first-order valence-electron chi connectivity index (χ1n) is 8.90. The molecule has 0 spiro atoms. The Bertz CT molecular complexity index is 629. The minimum atomic E-state index is -0.517. The summed E-state index contributed by atoms with van der Waals surface area (Å²) in [5, 5.41) is 2.77. The molecule has 0 heterocycles. The van der Waals surface area contributed by atoms with Gasteiger partial charge in [-0.15, -0.1) is 0 Å². The lowest BCUT2D eigenvalue weighted by Crippen LogP contribution is -2.41. The third-order valence-electron chi connectivity index (χ3n) is 4.13. The van der Waals surface area contributed by atoms with Gasteiger partial charge in [0.25, 0.3) is 5.91 Å². The lowest BCUT2D eigenvalue weighted by atomic mass is 10.1. The number of hydrogen-bond acceptors (Lipinski definition) is 5. The summed E-state index contributed by atoms with van der Waals surface area (Å²) in [7, 11) is 1.68. The Labute approximate surface area is 155 Å². The molecule has 1 unspecified atom stereocenters. The number of rotatable bonds is 9. The van der Waals surface area contributed by atoms with Crippen LogP contribution in [0.3, 0.4) is 0 Å². The topological polar surface area (TPSA) is 79.0 Å². The Hall–Kier alpha value is -2.41. The number of esters is 1. The number of ether oxygens (including phenoxy) is 1. The number of carbonyl (C=O) groups is 3. The molecule has 2 amide bonds. The quantitative estimate of drug-likeness (QED) is 0.679. The molecule has 0 fully saturated rings. The Morgan fingerprint density at radius 2 is 1.81 bits per heavy atom. The normalized spacial score (nSPS) is 11.8. The van der Waals surface area contributed by atoms with E-state index in [1.165, 1.54) is 0 Å². The Balaban J connectivity index is 2.71. The Morgan fingerprint density at radius 3 is 2.38 bits per heavy atom. The average molecular weight is 363 g/mol. The highest BCUT2D eigenvalue weighted by Crippen LogP contribution is 2.13. The van der Waals surface area contributed by atoms with E-state index in [1.54, 1.807) is 55.0 Å². The largest absolute Gasteiger partial charge is 0.465 e. The Morgan fingerprint density at radius 1 is 1.15 bits per heavy atom. The second-order valence-electron chi connectivity index (χ2n) is 5.95. The van der Waals surface area contributed by atoms with Crippen molar-refractivity contribution in [1.29, 1.82) is 0 Å². The van der Waals surface area contributed by atoms with Gasteiger partial charge in [0.2, 0.25) is 5.91 Å². The minimum Gasteiger partial charge on any atom is -0.465 e. The van der Waals surface area contributed by atoms with Crippen molar-refractivity contribution in [3.05, 3.63) is 29.8 Å². The number of nitrogens with zero attached hydrogens (tertiary/aromatic N) is 2. The van der Waals surface area contributed by atoms with Gasteiger partial charge in [-0.2, -0.15) is 0 Å². The number of anilines is 1. The smallest absolute Gasteiger partial charge is 0.323 e. The molecule has 0 bridgehead atoms. The lowest BCUT2D eigenvalue weighted by Gasteiger charge is -2.22. The van der Waals surface area contributed by atoms with Gasteiger partial charge in [-0.1, -0.05) is 6.07 Å². The predicted molar refractivity (Wildman–Crippen MR) is 101 cm³/mol. The fourth-order valence-electron chi connectivity index (χ4n) is 2.43. The molecule has 7 nitrogen and oxygen atoms in total. The summed E-state index contributed by atoms with van der Waals surface area (Å²) in [5.74, 6) is -0.704. The van der Waals surface area contributed by atoms with Gasteiger partial charge >= 0.3 is 5.97 Å². The maximum absolute atomic E-state index is 12.4. The fourth-order valence-corrected chi connectivity index (χ4v) is 2.43. The first kappa shape index (κ1) is 21.6. The van der Waals surface area contributed by atoms with E-state index in [4.69, 9.17) is 4.74 Å². The van der Waals surface area contributed by atoms with Crippen LogP contribution in [0.25, 0.3) is 0 Å². The number of carbonyl (C=O) groups excluding carboxylic acids is 3. The van der Waals surface area contributed by atoms with E-state index in [0.29, 0.717) is 30.9 Å². The number of benzene rings is 1. The molecule has 0 aliphatic heterocycles. The molecule has 1 aromatic rings. The van der Waals surface area contributed by atoms with Gasteiger partial charge in [0.05, 0.1) is 13.2 Å². The zero-order valence-electron chi connectivity index (χ0n) is 16.2. The summed E-state index contributed by atoms with van der Waals surface area (Å²) in [6.45, 7) is 8.87.